The molecule has 43 heavy (non-hydrogen) atoms. The molecule has 0 rings (SSSR count). The molecule has 0 heterocycles. The van der Waals surface area contributed by atoms with E-state index in [1.54, 1.807) is 0 Å². The molecular weight excluding hydrogens is 534 g/mol. The van der Waals surface area contributed by atoms with Crippen LogP contribution in [0.15, 0.2) is 0 Å². The van der Waals surface area contributed by atoms with Crippen LogP contribution in [0.3, 0.4) is 0 Å². The minimum atomic E-state index is -0.0430. The molecule has 5 heteroatoms. The van der Waals surface area contributed by atoms with Crippen LogP contribution in [0.5, 0.6) is 0 Å². The number of hydrogen-bond donors (Lipinski definition) is 0. The lowest BCUT2D eigenvalue weighted by Crippen LogP contribution is -2.22. The fourth-order valence-corrected chi connectivity index (χ4v) is 5.74. The SMILES string of the molecule is CCCCCCCCCOC(=O)CCCN(C)CCCCCCCC(=O)OC(CCCCCCC)CCCCCCCC. The quantitative estimate of drug-likeness (QED) is 0.0536. The zero-order valence-corrected chi connectivity index (χ0v) is 29.6. The first kappa shape index (κ1) is 41.9. The van der Waals surface area contributed by atoms with E-state index in [1.807, 2.05) is 0 Å². The van der Waals surface area contributed by atoms with Gasteiger partial charge in [-0.25, -0.2) is 0 Å². The molecule has 256 valence electrons. The molecule has 0 aromatic rings. The Hall–Kier alpha value is -1.10. The Labute approximate surface area is 269 Å². The number of esters is 2. The molecule has 0 aromatic heterocycles. The van der Waals surface area contributed by atoms with Gasteiger partial charge in [0.05, 0.1) is 6.61 Å². The van der Waals surface area contributed by atoms with E-state index in [0.717, 1.165) is 51.6 Å². The number of ether oxygens (including phenoxy) is 2. The van der Waals surface area contributed by atoms with Crippen LogP contribution in [0, 0.1) is 0 Å². The first-order chi connectivity index (χ1) is 21.0. The van der Waals surface area contributed by atoms with Gasteiger partial charge in [-0.1, -0.05) is 136 Å². The molecule has 0 bridgehead atoms. The molecule has 5 nitrogen and oxygen atoms in total. The zero-order valence-electron chi connectivity index (χ0n) is 29.6. The van der Waals surface area contributed by atoms with E-state index in [4.69, 9.17) is 9.47 Å². The third-order valence-electron chi connectivity index (χ3n) is 8.66. The Bertz CT molecular complexity index is 596. The lowest BCUT2D eigenvalue weighted by Gasteiger charge is -2.18. The van der Waals surface area contributed by atoms with Gasteiger partial charge in [-0.15, -0.1) is 0 Å². The predicted molar refractivity (Wildman–Crippen MR) is 185 cm³/mol. The summed E-state index contributed by atoms with van der Waals surface area (Å²) < 4.78 is 11.4. The van der Waals surface area contributed by atoms with Crippen LogP contribution >= 0.6 is 0 Å². The summed E-state index contributed by atoms with van der Waals surface area (Å²) in [6.07, 6.45) is 32.5. The van der Waals surface area contributed by atoms with Crippen molar-refractivity contribution in [1.82, 2.24) is 4.90 Å². The van der Waals surface area contributed by atoms with Crippen molar-refractivity contribution in [2.75, 3.05) is 26.7 Å². The van der Waals surface area contributed by atoms with Crippen LogP contribution in [0.25, 0.3) is 0 Å². The number of carbonyl (C=O) groups excluding carboxylic acids is 2. The van der Waals surface area contributed by atoms with E-state index in [-0.39, 0.29) is 18.0 Å². The molecule has 0 saturated heterocycles. The highest BCUT2D eigenvalue weighted by atomic mass is 16.5. The molecule has 0 fully saturated rings. The molecule has 0 aromatic carbocycles. The Morgan fingerprint density at radius 1 is 0.488 bits per heavy atom. The van der Waals surface area contributed by atoms with E-state index in [0.29, 0.717) is 19.4 Å². The lowest BCUT2D eigenvalue weighted by molar-refractivity contribution is -0.150. The number of unbranched alkanes of at least 4 members (excludes halogenated alkanes) is 19. The van der Waals surface area contributed by atoms with Crippen LogP contribution < -0.4 is 0 Å². The highest BCUT2D eigenvalue weighted by Gasteiger charge is 2.14. The van der Waals surface area contributed by atoms with E-state index < -0.39 is 0 Å². The number of carbonyl (C=O) groups is 2. The van der Waals surface area contributed by atoms with E-state index in [9.17, 15) is 9.59 Å². The van der Waals surface area contributed by atoms with Crippen molar-refractivity contribution in [1.29, 1.82) is 0 Å². The van der Waals surface area contributed by atoms with Crippen molar-refractivity contribution < 1.29 is 19.1 Å². The fraction of sp³-hybridized carbons (Fsp3) is 0.947. The van der Waals surface area contributed by atoms with Crippen molar-refractivity contribution in [3.8, 4) is 0 Å². The topological polar surface area (TPSA) is 55.8 Å². The van der Waals surface area contributed by atoms with Gasteiger partial charge in [-0.05, 0) is 71.5 Å². The zero-order chi connectivity index (χ0) is 31.6. The minimum absolute atomic E-state index is 0.0187. The second kappa shape index (κ2) is 33.8. The van der Waals surface area contributed by atoms with Gasteiger partial charge in [0.2, 0.25) is 0 Å². The molecule has 0 radical (unpaired) electrons. The largest absolute Gasteiger partial charge is 0.466 e. The first-order valence-electron chi connectivity index (χ1n) is 19.1. The van der Waals surface area contributed by atoms with Crippen molar-refractivity contribution in [2.45, 2.75) is 207 Å². The Balaban J connectivity index is 3.82. The van der Waals surface area contributed by atoms with Crippen molar-refractivity contribution in [3.05, 3.63) is 0 Å². The summed E-state index contributed by atoms with van der Waals surface area (Å²) in [7, 11) is 2.14. The molecule has 0 aliphatic heterocycles. The first-order valence-corrected chi connectivity index (χ1v) is 19.1. The summed E-state index contributed by atoms with van der Waals surface area (Å²) in [5.74, 6) is -0.0242. The highest BCUT2D eigenvalue weighted by molar-refractivity contribution is 5.69. The van der Waals surface area contributed by atoms with Crippen molar-refractivity contribution in [2.24, 2.45) is 0 Å². The summed E-state index contributed by atoms with van der Waals surface area (Å²) in [5, 5.41) is 0. The van der Waals surface area contributed by atoms with Gasteiger partial charge < -0.3 is 14.4 Å². The Morgan fingerprint density at radius 3 is 1.47 bits per heavy atom. The average Bonchev–Trinajstić information content (AvgIpc) is 2.99. The molecule has 1 atom stereocenters. The summed E-state index contributed by atoms with van der Waals surface area (Å²) in [5.41, 5.74) is 0. The second-order valence-electron chi connectivity index (χ2n) is 13.1. The maximum Gasteiger partial charge on any atom is 0.306 e. The molecule has 0 N–H and O–H groups in total. The van der Waals surface area contributed by atoms with Crippen LogP contribution in [-0.2, 0) is 19.1 Å². The van der Waals surface area contributed by atoms with Gasteiger partial charge in [-0.3, -0.25) is 9.59 Å². The molecular formula is C38H75NO4. The fourth-order valence-electron chi connectivity index (χ4n) is 5.74. The van der Waals surface area contributed by atoms with E-state index in [1.165, 1.54) is 128 Å². The number of hydrogen-bond acceptors (Lipinski definition) is 5. The molecule has 0 spiro atoms. The van der Waals surface area contributed by atoms with Crippen LogP contribution in [0.1, 0.15) is 201 Å². The normalized spacial score (nSPS) is 12.1. The van der Waals surface area contributed by atoms with Crippen molar-refractivity contribution in [3.63, 3.8) is 0 Å². The molecule has 1 unspecified atom stereocenters. The maximum atomic E-state index is 12.6. The van der Waals surface area contributed by atoms with Gasteiger partial charge in [-0.2, -0.15) is 0 Å². The number of rotatable bonds is 34. The van der Waals surface area contributed by atoms with Crippen LogP contribution in [0.4, 0.5) is 0 Å². The summed E-state index contributed by atoms with van der Waals surface area (Å²) >= 11 is 0. The third-order valence-corrected chi connectivity index (χ3v) is 8.66. The van der Waals surface area contributed by atoms with Gasteiger partial charge >= 0.3 is 11.9 Å². The van der Waals surface area contributed by atoms with Crippen LogP contribution in [-0.4, -0.2) is 49.7 Å². The monoisotopic (exact) mass is 610 g/mol. The third kappa shape index (κ3) is 32.1. The Kier molecular flexibility index (Phi) is 32.9. The van der Waals surface area contributed by atoms with Gasteiger partial charge in [0.25, 0.3) is 0 Å². The lowest BCUT2D eigenvalue weighted by atomic mass is 10.0. The predicted octanol–water partition coefficient (Wildman–Crippen LogP) is 11.4. The standard InChI is InChI=1S/C38H75NO4/c1-5-8-11-14-16-22-27-35-42-37(40)32-28-34-39(4)33-26-21-17-20-25-31-38(41)43-36(29-23-18-13-10-7-3)30-24-19-15-12-9-6-2/h36H,5-35H2,1-4H3. The van der Waals surface area contributed by atoms with Crippen molar-refractivity contribution >= 4 is 11.9 Å². The van der Waals surface area contributed by atoms with Crippen LogP contribution in [0.2, 0.25) is 0 Å². The summed E-state index contributed by atoms with van der Waals surface area (Å²) in [6.45, 7) is 9.34. The average molecular weight is 610 g/mol. The number of nitrogens with zero attached hydrogens (tertiary/aromatic N) is 1. The summed E-state index contributed by atoms with van der Waals surface area (Å²) in [6, 6.07) is 0. The molecule has 0 aliphatic carbocycles. The minimum Gasteiger partial charge on any atom is -0.466 e. The maximum absolute atomic E-state index is 12.6. The molecule has 0 aliphatic rings. The van der Waals surface area contributed by atoms with Gasteiger partial charge in [0.15, 0.2) is 0 Å². The Morgan fingerprint density at radius 2 is 0.907 bits per heavy atom. The highest BCUT2D eigenvalue weighted by Crippen LogP contribution is 2.18. The molecule has 0 saturated carbocycles. The molecule has 0 amide bonds. The van der Waals surface area contributed by atoms with Gasteiger partial charge in [0, 0.05) is 12.8 Å². The van der Waals surface area contributed by atoms with E-state index in [2.05, 4.69) is 32.7 Å². The smallest absolute Gasteiger partial charge is 0.306 e. The summed E-state index contributed by atoms with van der Waals surface area (Å²) in [4.78, 5) is 26.8. The second-order valence-corrected chi connectivity index (χ2v) is 13.1. The van der Waals surface area contributed by atoms with Gasteiger partial charge in [0.1, 0.15) is 6.10 Å². The van der Waals surface area contributed by atoms with E-state index >= 15 is 0 Å².